The molecule has 15 heavy (non-hydrogen) atoms. The van der Waals surface area contributed by atoms with Crippen molar-refractivity contribution < 1.29 is 9.53 Å². The quantitative estimate of drug-likeness (QED) is 0.828. The van der Waals surface area contributed by atoms with E-state index >= 15 is 0 Å². The summed E-state index contributed by atoms with van der Waals surface area (Å²) in [6.45, 7) is 2.15. The van der Waals surface area contributed by atoms with Crippen LogP contribution in [0.4, 0.5) is 16.2 Å². The highest BCUT2D eigenvalue weighted by molar-refractivity contribution is 5.84. The lowest BCUT2D eigenvalue weighted by atomic mass is 10.2. The van der Waals surface area contributed by atoms with E-state index in [9.17, 15) is 4.79 Å². The summed E-state index contributed by atoms with van der Waals surface area (Å²) in [5.74, 6) is 0. The minimum atomic E-state index is -0.421. The number of nitrogens with one attached hydrogen (secondary N) is 1. The molecule has 0 aliphatic rings. The largest absolute Gasteiger partial charge is 0.450 e. The van der Waals surface area contributed by atoms with E-state index in [0.717, 1.165) is 11.4 Å². The molecule has 0 spiro atoms. The van der Waals surface area contributed by atoms with Gasteiger partial charge in [0.05, 0.1) is 6.61 Å². The van der Waals surface area contributed by atoms with Gasteiger partial charge < -0.3 is 9.64 Å². The molecule has 0 unspecified atom stereocenters. The molecular weight excluding hydrogens is 192 g/mol. The van der Waals surface area contributed by atoms with Crippen LogP contribution < -0.4 is 10.2 Å². The molecule has 0 aliphatic heterocycles. The third-order valence-corrected chi connectivity index (χ3v) is 1.91. The molecule has 0 fully saturated rings. The highest BCUT2D eigenvalue weighted by Crippen LogP contribution is 2.15. The Morgan fingerprint density at radius 1 is 1.33 bits per heavy atom. The zero-order valence-electron chi connectivity index (χ0n) is 9.28. The first kappa shape index (κ1) is 11.4. The predicted octanol–water partition coefficient (Wildman–Crippen LogP) is 2.32. The standard InChI is InChI=1S/C11H16N2O2/c1-4-15-11(14)12-9-5-7-10(8-6-9)13(2)3/h5-8H,4H2,1-3H3,(H,12,14). The molecule has 0 atom stereocenters. The van der Waals surface area contributed by atoms with Crippen molar-refractivity contribution in [2.75, 3.05) is 30.9 Å². The van der Waals surface area contributed by atoms with Crippen molar-refractivity contribution in [3.63, 3.8) is 0 Å². The first-order valence-electron chi connectivity index (χ1n) is 4.84. The van der Waals surface area contributed by atoms with Gasteiger partial charge in [0.15, 0.2) is 0 Å². The van der Waals surface area contributed by atoms with E-state index in [1.165, 1.54) is 0 Å². The van der Waals surface area contributed by atoms with E-state index in [-0.39, 0.29) is 0 Å². The minimum absolute atomic E-state index is 0.377. The molecule has 0 aliphatic carbocycles. The second kappa shape index (κ2) is 5.24. The number of rotatable bonds is 3. The van der Waals surface area contributed by atoms with Gasteiger partial charge in [0.25, 0.3) is 0 Å². The molecule has 1 aromatic carbocycles. The van der Waals surface area contributed by atoms with Crippen molar-refractivity contribution in [2.24, 2.45) is 0 Å². The van der Waals surface area contributed by atoms with E-state index in [1.807, 2.05) is 43.3 Å². The first-order chi connectivity index (χ1) is 7.13. The fourth-order valence-electron chi connectivity index (χ4n) is 1.13. The van der Waals surface area contributed by atoms with E-state index in [4.69, 9.17) is 4.74 Å². The van der Waals surface area contributed by atoms with E-state index in [1.54, 1.807) is 6.92 Å². The summed E-state index contributed by atoms with van der Waals surface area (Å²) in [7, 11) is 3.93. The monoisotopic (exact) mass is 208 g/mol. The summed E-state index contributed by atoms with van der Waals surface area (Å²) >= 11 is 0. The third kappa shape index (κ3) is 3.50. The smallest absolute Gasteiger partial charge is 0.411 e. The number of hydrogen-bond donors (Lipinski definition) is 1. The average molecular weight is 208 g/mol. The summed E-state index contributed by atoms with van der Waals surface area (Å²) in [6.07, 6.45) is -0.421. The average Bonchev–Trinajstić information content (AvgIpc) is 2.18. The molecule has 0 aromatic heterocycles. The van der Waals surface area contributed by atoms with Gasteiger partial charge in [-0.2, -0.15) is 0 Å². The Balaban J connectivity index is 2.60. The van der Waals surface area contributed by atoms with Crippen molar-refractivity contribution in [1.82, 2.24) is 0 Å². The molecule has 1 rings (SSSR count). The molecule has 0 saturated heterocycles. The van der Waals surface area contributed by atoms with Crippen LogP contribution in [0.5, 0.6) is 0 Å². The van der Waals surface area contributed by atoms with Gasteiger partial charge in [-0.05, 0) is 31.2 Å². The SMILES string of the molecule is CCOC(=O)Nc1ccc(N(C)C)cc1. The molecule has 82 valence electrons. The zero-order valence-corrected chi connectivity index (χ0v) is 9.28. The summed E-state index contributed by atoms with van der Waals surface area (Å²) in [4.78, 5) is 13.1. The Bertz CT molecular complexity index is 320. The van der Waals surface area contributed by atoms with Crippen LogP contribution in [0.2, 0.25) is 0 Å². The zero-order chi connectivity index (χ0) is 11.3. The van der Waals surface area contributed by atoms with E-state index in [0.29, 0.717) is 6.61 Å². The number of hydrogen-bond acceptors (Lipinski definition) is 3. The predicted molar refractivity (Wildman–Crippen MR) is 61.4 cm³/mol. The van der Waals surface area contributed by atoms with Gasteiger partial charge in [-0.25, -0.2) is 4.79 Å². The number of carbonyl (C=O) groups excluding carboxylic acids is 1. The molecule has 1 N–H and O–H groups in total. The van der Waals surface area contributed by atoms with Gasteiger partial charge in [-0.3, -0.25) is 5.32 Å². The van der Waals surface area contributed by atoms with Crippen LogP contribution in [0.3, 0.4) is 0 Å². The molecular formula is C11H16N2O2. The highest BCUT2D eigenvalue weighted by Gasteiger charge is 2.01. The van der Waals surface area contributed by atoms with E-state index < -0.39 is 6.09 Å². The number of carbonyl (C=O) groups is 1. The summed E-state index contributed by atoms with van der Waals surface area (Å²) in [5.41, 5.74) is 1.82. The van der Waals surface area contributed by atoms with Crippen molar-refractivity contribution in [1.29, 1.82) is 0 Å². The third-order valence-electron chi connectivity index (χ3n) is 1.91. The second-order valence-corrected chi connectivity index (χ2v) is 3.29. The lowest BCUT2D eigenvalue weighted by Crippen LogP contribution is -2.13. The molecule has 0 heterocycles. The Labute approximate surface area is 89.8 Å². The van der Waals surface area contributed by atoms with Gasteiger partial charge in [-0.1, -0.05) is 0 Å². The van der Waals surface area contributed by atoms with Crippen molar-refractivity contribution in [3.8, 4) is 0 Å². The fraction of sp³-hybridized carbons (Fsp3) is 0.364. The van der Waals surface area contributed by atoms with E-state index in [2.05, 4.69) is 5.32 Å². The fourth-order valence-corrected chi connectivity index (χ4v) is 1.13. The topological polar surface area (TPSA) is 41.6 Å². The van der Waals surface area contributed by atoms with Crippen LogP contribution in [0.1, 0.15) is 6.92 Å². The number of benzene rings is 1. The molecule has 4 heteroatoms. The van der Waals surface area contributed by atoms with Gasteiger partial charge >= 0.3 is 6.09 Å². The number of amides is 1. The maximum atomic E-state index is 11.1. The van der Waals surface area contributed by atoms with Crippen LogP contribution >= 0.6 is 0 Å². The normalized spacial score (nSPS) is 9.53. The molecule has 4 nitrogen and oxygen atoms in total. The van der Waals surface area contributed by atoms with Gasteiger partial charge in [0, 0.05) is 25.5 Å². The molecule has 0 radical (unpaired) electrons. The lowest BCUT2D eigenvalue weighted by Gasteiger charge is -2.12. The highest BCUT2D eigenvalue weighted by atomic mass is 16.5. The van der Waals surface area contributed by atoms with Crippen molar-refractivity contribution >= 4 is 17.5 Å². The molecule has 1 aromatic rings. The Hall–Kier alpha value is -1.71. The molecule has 0 bridgehead atoms. The van der Waals surface area contributed by atoms with Gasteiger partial charge in [-0.15, -0.1) is 0 Å². The first-order valence-corrected chi connectivity index (χ1v) is 4.84. The van der Waals surface area contributed by atoms with Crippen LogP contribution in [0.25, 0.3) is 0 Å². The number of anilines is 2. The van der Waals surface area contributed by atoms with Crippen molar-refractivity contribution in [2.45, 2.75) is 6.92 Å². The minimum Gasteiger partial charge on any atom is -0.450 e. The van der Waals surface area contributed by atoms with Crippen LogP contribution in [-0.2, 0) is 4.74 Å². The summed E-state index contributed by atoms with van der Waals surface area (Å²) in [5, 5.41) is 2.63. The lowest BCUT2D eigenvalue weighted by molar-refractivity contribution is 0.168. The van der Waals surface area contributed by atoms with Crippen LogP contribution in [0.15, 0.2) is 24.3 Å². The second-order valence-electron chi connectivity index (χ2n) is 3.29. The Kier molecular flexibility index (Phi) is 3.97. The van der Waals surface area contributed by atoms with Crippen LogP contribution in [-0.4, -0.2) is 26.8 Å². The summed E-state index contributed by atoms with van der Waals surface area (Å²) in [6, 6.07) is 7.54. The molecule has 0 saturated carbocycles. The van der Waals surface area contributed by atoms with Gasteiger partial charge in [0.2, 0.25) is 0 Å². The Morgan fingerprint density at radius 3 is 2.40 bits per heavy atom. The maximum Gasteiger partial charge on any atom is 0.411 e. The maximum absolute atomic E-state index is 11.1. The molecule has 1 amide bonds. The van der Waals surface area contributed by atoms with Gasteiger partial charge in [0.1, 0.15) is 0 Å². The van der Waals surface area contributed by atoms with Crippen LogP contribution in [0, 0.1) is 0 Å². The summed E-state index contributed by atoms with van der Waals surface area (Å²) < 4.78 is 4.76. The number of nitrogens with zero attached hydrogens (tertiary/aromatic N) is 1. The number of ether oxygens (including phenoxy) is 1. The Morgan fingerprint density at radius 2 is 1.93 bits per heavy atom. The van der Waals surface area contributed by atoms with Crippen molar-refractivity contribution in [3.05, 3.63) is 24.3 Å².